The Morgan fingerprint density at radius 3 is 2.31 bits per heavy atom. The zero-order valence-electron chi connectivity index (χ0n) is 13.2. The van der Waals surface area contributed by atoms with E-state index in [1.54, 1.807) is 0 Å². The van der Waals surface area contributed by atoms with Crippen LogP contribution in [0.5, 0.6) is 5.75 Å². The number of carbonyl (C=O) groups is 1. The molecule has 0 saturated carbocycles. The molecule has 0 spiro atoms. The first-order valence-corrected chi connectivity index (χ1v) is 8.63. The molecule has 0 aromatic heterocycles. The third-order valence-corrected chi connectivity index (χ3v) is 4.60. The number of ether oxygens (including phenoxy) is 1. The van der Waals surface area contributed by atoms with Gasteiger partial charge in [0.1, 0.15) is 5.75 Å². The molecule has 0 aliphatic carbocycles. The van der Waals surface area contributed by atoms with E-state index in [9.17, 15) is 14.8 Å². The van der Waals surface area contributed by atoms with Crippen LogP contribution in [0.3, 0.4) is 0 Å². The monoisotopic (exact) mass is 433 g/mol. The molecule has 26 heavy (non-hydrogen) atoms. The lowest BCUT2D eigenvalue weighted by atomic mass is 10.1. The first kappa shape index (κ1) is 20.5. The summed E-state index contributed by atoms with van der Waals surface area (Å²) in [5.41, 5.74) is -0.678. The van der Waals surface area contributed by atoms with Gasteiger partial charge in [-0.15, -0.1) is 4.91 Å². The Kier molecular flexibility index (Phi) is 6.89. The molecule has 0 radical (unpaired) electrons. The summed E-state index contributed by atoms with van der Waals surface area (Å²) in [5, 5.41) is 13.8. The molecule has 2 rings (SSSR count). The van der Waals surface area contributed by atoms with Gasteiger partial charge in [-0.3, -0.25) is 4.79 Å². The number of benzene rings is 2. The Hall–Kier alpha value is -1.79. The predicted octanol–water partition coefficient (Wildman–Crippen LogP) is 6.33. The zero-order chi connectivity index (χ0) is 19.4. The minimum atomic E-state index is -1.13. The van der Waals surface area contributed by atoms with Crippen molar-refractivity contribution in [3.8, 4) is 5.75 Å². The second-order valence-corrected chi connectivity index (χ2v) is 6.77. The van der Waals surface area contributed by atoms with Gasteiger partial charge in [0, 0.05) is 16.7 Å². The molecule has 0 saturated heterocycles. The van der Waals surface area contributed by atoms with Crippen molar-refractivity contribution in [1.82, 2.24) is 0 Å². The first-order valence-electron chi connectivity index (χ1n) is 7.12. The van der Waals surface area contributed by atoms with E-state index in [4.69, 9.17) is 51.1 Å². The van der Waals surface area contributed by atoms with Gasteiger partial charge >= 0.3 is 0 Å². The third-order valence-electron chi connectivity index (χ3n) is 3.31. The van der Waals surface area contributed by atoms with Crippen LogP contribution in [0.25, 0.3) is 5.76 Å². The molecule has 136 valence electrons. The van der Waals surface area contributed by atoms with E-state index in [1.165, 1.54) is 43.3 Å². The number of aliphatic hydroxyl groups is 1. The van der Waals surface area contributed by atoms with Gasteiger partial charge in [-0.25, -0.2) is 0 Å². The SMILES string of the molecule is CC(Oc1ccc(Cl)c(Cl)c1)C(=O)/C(N=O)=C(\O)c1ccc(Cl)cc1Cl. The van der Waals surface area contributed by atoms with Gasteiger partial charge in [-0.2, -0.15) is 0 Å². The highest BCUT2D eigenvalue weighted by molar-refractivity contribution is 6.42. The number of carbonyl (C=O) groups excluding carboxylic acids is 1. The fourth-order valence-electron chi connectivity index (χ4n) is 2.01. The summed E-state index contributed by atoms with van der Waals surface area (Å²) >= 11 is 23.5. The molecule has 1 N–H and O–H groups in total. The average molecular weight is 435 g/mol. The lowest BCUT2D eigenvalue weighted by Gasteiger charge is -2.14. The highest BCUT2D eigenvalue weighted by Crippen LogP contribution is 2.30. The van der Waals surface area contributed by atoms with Gasteiger partial charge in [0.15, 0.2) is 17.6 Å². The minimum absolute atomic E-state index is 0.0424. The van der Waals surface area contributed by atoms with Crippen LogP contribution in [0.1, 0.15) is 12.5 Å². The number of Topliss-reactive ketones (excluding diaryl/α,β-unsaturated/α-hetero) is 1. The van der Waals surface area contributed by atoms with E-state index in [2.05, 4.69) is 5.18 Å². The molecule has 5 nitrogen and oxygen atoms in total. The van der Waals surface area contributed by atoms with E-state index >= 15 is 0 Å². The van der Waals surface area contributed by atoms with Crippen LogP contribution in [0.15, 0.2) is 47.3 Å². The molecule has 2 aromatic rings. The van der Waals surface area contributed by atoms with Gasteiger partial charge in [0.05, 0.1) is 15.1 Å². The van der Waals surface area contributed by atoms with Crippen LogP contribution in [0.4, 0.5) is 0 Å². The molecule has 0 amide bonds. The summed E-state index contributed by atoms with van der Waals surface area (Å²) in [6.07, 6.45) is -1.13. The lowest BCUT2D eigenvalue weighted by molar-refractivity contribution is -0.121. The van der Waals surface area contributed by atoms with Crippen molar-refractivity contribution in [3.63, 3.8) is 0 Å². The predicted molar refractivity (Wildman–Crippen MR) is 103 cm³/mol. The summed E-state index contributed by atoms with van der Waals surface area (Å²) in [6.45, 7) is 1.40. The Balaban J connectivity index is 2.31. The van der Waals surface area contributed by atoms with Crippen molar-refractivity contribution in [3.05, 3.63) is 72.7 Å². The number of nitroso groups, excluding NO2 is 1. The molecule has 2 aromatic carbocycles. The fourth-order valence-corrected chi connectivity index (χ4v) is 2.80. The molecule has 9 heteroatoms. The Labute approximate surface area is 169 Å². The van der Waals surface area contributed by atoms with Gasteiger partial charge in [-0.1, -0.05) is 46.4 Å². The van der Waals surface area contributed by atoms with Gasteiger partial charge in [0.2, 0.25) is 5.78 Å². The van der Waals surface area contributed by atoms with E-state index in [0.717, 1.165) is 0 Å². The maximum atomic E-state index is 12.5. The summed E-state index contributed by atoms with van der Waals surface area (Å²) < 4.78 is 5.44. The fraction of sp³-hybridized carbons (Fsp3) is 0.118. The highest BCUT2D eigenvalue weighted by atomic mass is 35.5. The van der Waals surface area contributed by atoms with Crippen LogP contribution < -0.4 is 4.74 Å². The average Bonchev–Trinajstić information content (AvgIpc) is 2.58. The lowest BCUT2D eigenvalue weighted by Crippen LogP contribution is -2.25. The molecule has 0 fully saturated rings. The molecular formula is C17H11Cl4NO4. The molecule has 0 heterocycles. The van der Waals surface area contributed by atoms with Gasteiger partial charge in [0.25, 0.3) is 0 Å². The van der Waals surface area contributed by atoms with Crippen molar-refractivity contribution in [2.75, 3.05) is 0 Å². The zero-order valence-corrected chi connectivity index (χ0v) is 16.2. The topological polar surface area (TPSA) is 76.0 Å². The Morgan fingerprint density at radius 2 is 1.73 bits per heavy atom. The summed E-state index contributed by atoms with van der Waals surface area (Å²) in [7, 11) is 0. The number of hydrogen-bond donors (Lipinski definition) is 1. The second kappa shape index (κ2) is 8.73. The molecule has 0 aliphatic rings. The van der Waals surface area contributed by atoms with Crippen LogP contribution >= 0.6 is 46.4 Å². The van der Waals surface area contributed by atoms with E-state index < -0.39 is 23.3 Å². The van der Waals surface area contributed by atoms with Crippen molar-refractivity contribution in [1.29, 1.82) is 0 Å². The van der Waals surface area contributed by atoms with Crippen LogP contribution in [0.2, 0.25) is 20.1 Å². The van der Waals surface area contributed by atoms with Crippen LogP contribution in [-0.4, -0.2) is 17.0 Å². The van der Waals surface area contributed by atoms with E-state index in [1.807, 2.05) is 0 Å². The maximum absolute atomic E-state index is 12.5. The summed E-state index contributed by atoms with van der Waals surface area (Å²) in [4.78, 5) is 23.6. The standard InChI is InChI=1S/C17H11Cl4NO4/c1-8(26-10-3-5-12(19)14(21)7-10)16(23)15(22-25)17(24)11-4-2-9(18)6-13(11)20/h2-8,24H,1H3/b17-15+. The molecule has 0 aliphatic heterocycles. The maximum Gasteiger partial charge on any atom is 0.228 e. The molecule has 1 atom stereocenters. The minimum Gasteiger partial charge on any atom is -0.505 e. The van der Waals surface area contributed by atoms with E-state index in [-0.39, 0.29) is 21.4 Å². The Morgan fingerprint density at radius 1 is 1.04 bits per heavy atom. The number of hydrogen-bond acceptors (Lipinski definition) is 5. The summed E-state index contributed by atoms with van der Waals surface area (Å²) in [5.74, 6) is -1.25. The number of aliphatic hydroxyl groups excluding tert-OH is 1. The number of ketones is 1. The van der Waals surface area contributed by atoms with Crippen LogP contribution in [0, 0.1) is 4.91 Å². The van der Waals surface area contributed by atoms with E-state index in [0.29, 0.717) is 10.0 Å². The second-order valence-electron chi connectivity index (χ2n) is 5.11. The third kappa shape index (κ3) is 4.68. The molecule has 1 unspecified atom stereocenters. The smallest absolute Gasteiger partial charge is 0.228 e. The van der Waals surface area contributed by atoms with Crippen molar-refractivity contribution >= 4 is 57.9 Å². The van der Waals surface area contributed by atoms with Crippen molar-refractivity contribution < 1.29 is 14.6 Å². The summed E-state index contributed by atoms with van der Waals surface area (Å²) in [6, 6.07) is 8.59. The van der Waals surface area contributed by atoms with Crippen LogP contribution in [-0.2, 0) is 4.79 Å². The normalized spacial score (nSPS) is 13.0. The highest BCUT2D eigenvalue weighted by Gasteiger charge is 2.26. The Bertz CT molecular complexity index is 898. The number of halogens is 4. The largest absolute Gasteiger partial charge is 0.505 e. The van der Waals surface area contributed by atoms with Gasteiger partial charge < -0.3 is 9.84 Å². The first-order chi connectivity index (χ1) is 12.2. The quantitative estimate of drug-likeness (QED) is 0.327. The number of rotatable bonds is 6. The molecule has 0 bridgehead atoms. The number of nitrogens with zero attached hydrogens (tertiary/aromatic N) is 1. The van der Waals surface area contributed by atoms with Crippen molar-refractivity contribution in [2.24, 2.45) is 5.18 Å². The molecular weight excluding hydrogens is 424 g/mol. The van der Waals surface area contributed by atoms with Crippen molar-refractivity contribution in [2.45, 2.75) is 13.0 Å². The van der Waals surface area contributed by atoms with Gasteiger partial charge in [-0.05, 0) is 42.4 Å².